The van der Waals surface area contributed by atoms with E-state index in [1.54, 1.807) is 0 Å². The summed E-state index contributed by atoms with van der Waals surface area (Å²) < 4.78 is 0. The van der Waals surface area contributed by atoms with Crippen molar-refractivity contribution in [3.63, 3.8) is 0 Å². The minimum atomic E-state index is 0.821. The summed E-state index contributed by atoms with van der Waals surface area (Å²) in [4.78, 5) is 2.40. The van der Waals surface area contributed by atoms with Crippen LogP contribution in [0.4, 0.5) is 0 Å². The van der Waals surface area contributed by atoms with Gasteiger partial charge >= 0.3 is 0 Å². The maximum atomic E-state index is 5.47. The lowest BCUT2D eigenvalue weighted by atomic mass is 10.1. The normalized spacial score (nSPS) is 11.2. The van der Waals surface area contributed by atoms with E-state index in [1.165, 1.54) is 51.5 Å². The fourth-order valence-electron chi connectivity index (χ4n) is 1.81. The Hall–Kier alpha value is -0.0800. The molecule has 0 aliphatic carbocycles. The van der Waals surface area contributed by atoms with Crippen molar-refractivity contribution in [1.29, 1.82) is 0 Å². The van der Waals surface area contributed by atoms with E-state index in [2.05, 4.69) is 18.9 Å². The van der Waals surface area contributed by atoms with Gasteiger partial charge in [-0.3, -0.25) is 0 Å². The highest BCUT2D eigenvalue weighted by atomic mass is 15.1. The molecule has 0 saturated carbocycles. The van der Waals surface area contributed by atoms with E-state index in [4.69, 9.17) is 5.73 Å². The summed E-state index contributed by atoms with van der Waals surface area (Å²) in [5.74, 6) is 0. The summed E-state index contributed by atoms with van der Waals surface area (Å²) in [6.45, 7) is 5.49. The van der Waals surface area contributed by atoms with Gasteiger partial charge in [-0.2, -0.15) is 0 Å². The topological polar surface area (TPSA) is 29.3 Å². The lowest BCUT2D eigenvalue weighted by Gasteiger charge is -2.15. The summed E-state index contributed by atoms with van der Waals surface area (Å²) in [6, 6.07) is 0. The average molecular weight is 214 g/mol. The quantitative estimate of drug-likeness (QED) is 0.536. The summed E-state index contributed by atoms with van der Waals surface area (Å²) in [6.07, 6.45) is 10.9. The zero-order valence-corrected chi connectivity index (χ0v) is 10.8. The first-order valence-electron chi connectivity index (χ1n) is 6.70. The highest BCUT2D eigenvalue weighted by molar-refractivity contribution is 4.53. The molecule has 0 aromatic heterocycles. The van der Waals surface area contributed by atoms with E-state index in [-0.39, 0.29) is 0 Å². The molecule has 2 N–H and O–H groups in total. The van der Waals surface area contributed by atoms with Crippen molar-refractivity contribution in [2.75, 3.05) is 26.7 Å². The van der Waals surface area contributed by atoms with Crippen molar-refractivity contribution in [1.82, 2.24) is 4.90 Å². The van der Waals surface area contributed by atoms with Crippen molar-refractivity contribution < 1.29 is 0 Å². The zero-order chi connectivity index (χ0) is 11.4. The van der Waals surface area contributed by atoms with Gasteiger partial charge in [0.25, 0.3) is 0 Å². The Bertz CT molecular complexity index is 115. The van der Waals surface area contributed by atoms with E-state index < -0.39 is 0 Å². The summed E-state index contributed by atoms with van der Waals surface area (Å²) in [7, 11) is 2.20. The van der Waals surface area contributed by atoms with Crippen molar-refractivity contribution in [2.45, 2.75) is 58.3 Å². The van der Waals surface area contributed by atoms with Crippen LogP contribution in [0.1, 0.15) is 58.3 Å². The Morgan fingerprint density at radius 1 is 0.800 bits per heavy atom. The monoisotopic (exact) mass is 214 g/mol. The molecule has 0 bridgehead atoms. The van der Waals surface area contributed by atoms with E-state index in [0.717, 1.165) is 19.5 Å². The molecule has 0 rings (SSSR count). The van der Waals surface area contributed by atoms with Gasteiger partial charge in [-0.05, 0) is 39.5 Å². The molecular formula is C13H30N2. The minimum Gasteiger partial charge on any atom is -0.330 e. The van der Waals surface area contributed by atoms with Gasteiger partial charge in [0.2, 0.25) is 0 Å². The first-order valence-corrected chi connectivity index (χ1v) is 6.70. The van der Waals surface area contributed by atoms with Gasteiger partial charge in [0.05, 0.1) is 0 Å². The Morgan fingerprint density at radius 3 is 1.93 bits per heavy atom. The molecular weight excluding hydrogens is 184 g/mol. The molecule has 2 heteroatoms. The molecule has 0 amide bonds. The van der Waals surface area contributed by atoms with Gasteiger partial charge in [-0.1, -0.05) is 45.4 Å². The predicted octanol–water partition coefficient (Wildman–Crippen LogP) is 3.02. The Morgan fingerprint density at radius 2 is 1.33 bits per heavy atom. The standard InChI is InChI=1S/C13H30N2/c1-3-4-5-6-7-8-9-12-15(2)13-10-11-14/h3-14H2,1-2H3. The fourth-order valence-corrected chi connectivity index (χ4v) is 1.81. The predicted molar refractivity (Wildman–Crippen MR) is 69.2 cm³/mol. The molecule has 0 aromatic rings. The second-order valence-corrected chi connectivity index (χ2v) is 4.57. The second kappa shape index (κ2) is 12.0. The van der Waals surface area contributed by atoms with E-state index in [9.17, 15) is 0 Å². The lowest BCUT2D eigenvalue weighted by molar-refractivity contribution is 0.321. The van der Waals surface area contributed by atoms with Crippen molar-refractivity contribution in [3.8, 4) is 0 Å². The van der Waals surface area contributed by atoms with Crippen LogP contribution in [0.15, 0.2) is 0 Å². The molecule has 0 aliphatic heterocycles. The number of hydrogen-bond acceptors (Lipinski definition) is 2. The Labute approximate surface area is 96.2 Å². The third-order valence-electron chi connectivity index (χ3n) is 2.89. The van der Waals surface area contributed by atoms with Crippen molar-refractivity contribution >= 4 is 0 Å². The van der Waals surface area contributed by atoms with Crippen LogP contribution in [-0.4, -0.2) is 31.6 Å². The van der Waals surface area contributed by atoms with Gasteiger partial charge < -0.3 is 10.6 Å². The van der Waals surface area contributed by atoms with Gasteiger partial charge in [0, 0.05) is 0 Å². The molecule has 15 heavy (non-hydrogen) atoms. The first kappa shape index (κ1) is 14.9. The van der Waals surface area contributed by atoms with Crippen molar-refractivity contribution in [3.05, 3.63) is 0 Å². The van der Waals surface area contributed by atoms with E-state index >= 15 is 0 Å². The number of hydrogen-bond donors (Lipinski definition) is 1. The van der Waals surface area contributed by atoms with E-state index in [0.29, 0.717) is 0 Å². The first-order chi connectivity index (χ1) is 7.31. The summed E-state index contributed by atoms with van der Waals surface area (Å²) >= 11 is 0. The molecule has 0 unspecified atom stereocenters. The smallest absolute Gasteiger partial charge is 0.000977 e. The molecule has 0 radical (unpaired) electrons. The third-order valence-corrected chi connectivity index (χ3v) is 2.89. The average Bonchev–Trinajstić information content (AvgIpc) is 2.25. The van der Waals surface area contributed by atoms with Crippen molar-refractivity contribution in [2.24, 2.45) is 5.73 Å². The lowest BCUT2D eigenvalue weighted by Crippen LogP contribution is -2.22. The van der Waals surface area contributed by atoms with Gasteiger partial charge in [0.1, 0.15) is 0 Å². The van der Waals surface area contributed by atoms with Crippen LogP contribution >= 0.6 is 0 Å². The maximum Gasteiger partial charge on any atom is -0.000977 e. The highest BCUT2D eigenvalue weighted by Crippen LogP contribution is 2.07. The van der Waals surface area contributed by atoms with Crippen LogP contribution in [0.2, 0.25) is 0 Å². The van der Waals surface area contributed by atoms with Crippen LogP contribution in [0, 0.1) is 0 Å². The Balaban J connectivity index is 3.02. The highest BCUT2D eigenvalue weighted by Gasteiger charge is 1.97. The molecule has 0 spiro atoms. The number of nitrogens with two attached hydrogens (primary N) is 1. The number of nitrogens with zero attached hydrogens (tertiary/aromatic N) is 1. The molecule has 2 nitrogen and oxygen atoms in total. The summed E-state index contributed by atoms with van der Waals surface area (Å²) in [5.41, 5.74) is 5.47. The number of unbranched alkanes of at least 4 members (excludes halogenated alkanes) is 6. The van der Waals surface area contributed by atoms with Crippen LogP contribution in [0.5, 0.6) is 0 Å². The van der Waals surface area contributed by atoms with Gasteiger partial charge in [-0.15, -0.1) is 0 Å². The summed E-state index contributed by atoms with van der Waals surface area (Å²) in [5, 5.41) is 0. The van der Waals surface area contributed by atoms with E-state index in [1.807, 2.05) is 0 Å². The van der Waals surface area contributed by atoms with Gasteiger partial charge in [0.15, 0.2) is 0 Å². The minimum absolute atomic E-state index is 0.821. The molecule has 0 saturated heterocycles. The Kier molecular flexibility index (Phi) is 11.9. The molecule has 0 atom stereocenters. The molecule has 0 fully saturated rings. The molecule has 0 aliphatic rings. The maximum absolute atomic E-state index is 5.47. The van der Waals surface area contributed by atoms with Crippen LogP contribution in [0.3, 0.4) is 0 Å². The van der Waals surface area contributed by atoms with Crippen LogP contribution in [-0.2, 0) is 0 Å². The molecule has 92 valence electrons. The zero-order valence-electron chi connectivity index (χ0n) is 10.8. The fraction of sp³-hybridized carbons (Fsp3) is 1.00. The van der Waals surface area contributed by atoms with Crippen LogP contribution in [0.25, 0.3) is 0 Å². The second-order valence-electron chi connectivity index (χ2n) is 4.57. The SMILES string of the molecule is CCCCCCCCCN(C)CCCN. The third kappa shape index (κ3) is 11.8. The molecule has 0 heterocycles. The van der Waals surface area contributed by atoms with Crippen LogP contribution < -0.4 is 5.73 Å². The largest absolute Gasteiger partial charge is 0.330 e. The molecule has 0 aromatic carbocycles. The van der Waals surface area contributed by atoms with Gasteiger partial charge in [-0.25, -0.2) is 0 Å². The number of rotatable bonds is 11.